The summed E-state index contributed by atoms with van der Waals surface area (Å²) in [6.45, 7) is 7.21. The van der Waals surface area contributed by atoms with Gasteiger partial charge in [-0.2, -0.15) is 4.98 Å². The Balaban J connectivity index is 2.28. The normalized spacial score (nSPS) is 11.3. The molecule has 3 rings (SSSR count). The van der Waals surface area contributed by atoms with Gasteiger partial charge < -0.3 is 10.1 Å². The van der Waals surface area contributed by atoms with Crippen LogP contribution < -0.4 is 10.1 Å². The SMILES string of the molecule is CCCCNc1nc2ccc(OC)nc2n2c(CC)nc(C)c12. The molecule has 0 radical (unpaired) electrons. The highest BCUT2D eigenvalue weighted by Crippen LogP contribution is 2.26. The third-order valence-corrected chi connectivity index (χ3v) is 3.97. The van der Waals surface area contributed by atoms with Crippen molar-refractivity contribution in [2.24, 2.45) is 0 Å². The number of fused-ring (bicyclic) bond motifs is 3. The summed E-state index contributed by atoms with van der Waals surface area (Å²) in [6, 6.07) is 3.78. The molecule has 3 heterocycles. The van der Waals surface area contributed by atoms with Crippen LogP contribution in [0.15, 0.2) is 12.1 Å². The van der Waals surface area contributed by atoms with E-state index in [1.54, 1.807) is 7.11 Å². The van der Waals surface area contributed by atoms with Crippen molar-refractivity contribution >= 4 is 22.5 Å². The first-order valence-corrected chi connectivity index (χ1v) is 8.16. The van der Waals surface area contributed by atoms with Crippen LogP contribution in [0, 0.1) is 6.92 Å². The molecule has 0 aliphatic heterocycles. The van der Waals surface area contributed by atoms with Gasteiger partial charge in [-0.1, -0.05) is 20.3 Å². The lowest BCUT2D eigenvalue weighted by Gasteiger charge is -2.11. The molecule has 0 bridgehead atoms. The molecule has 3 aromatic rings. The van der Waals surface area contributed by atoms with Crippen LogP contribution in [0.2, 0.25) is 0 Å². The number of pyridine rings is 1. The van der Waals surface area contributed by atoms with E-state index < -0.39 is 0 Å². The van der Waals surface area contributed by atoms with Crippen LogP contribution in [-0.2, 0) is 6.42 Å². The molecule has 6 heteroatoms. The molecule has 0 aromatic carbocycles. The van der Waals surface area contributed by atoms with Crippen molar-refractivity contribution in [3.05, 3.63) is 23.7 Å². The van der Waals surface area contributed by atoms with Crippen molar-refractivity contribution in [3.63, 3.8) is 0 Å². The average molecular weight is 313 g/mol. The van der Waals surface area contributed by atoms with E-state index in [0.29, 0.717) is 5.88 Å². The van der Waals surface area contributed by atoms with Gasteiger partial charge in [-0.3, -0.25) is 4.40 Å². The smallest absolute Gasteiger partial charge is 0.215 e. The Morgan fingerprint density at radius 2 is 2.00 bits per heavy atom. The molecule has 0 aliphatic carbocycles. The number of ether oxygens (including phenoxy) is 1. The van der Waals surface area contributed by atoms with E-state index in [4.69, 9.17) is 14.7 Å². The third-order valence-electron chi connectivity index (χ3n) is 3.97. The summed E-state index contributed by atoms with van der Waals surface area (Å²) in [5.41, 5.74) is 3.60. The molecule has 0 fully saturated rings. The van der Waals surface area contributed by atoms with Crippen molar-refractivity contribution in [1.29, 1.82) is 0 Å². The van der Waals surface area contributed by atoms with Crippen LogP contribution in [0.25, 0.3) is 16.7 Å². The highest BCUT2D eigenvalue weighted by molar-refractivity contribution is 5.84. The molecule has 122 valence electrons. The predicted molar refractivity (Wildman–Crippen MR) is 92.4 cm³/mol. The lowest BCUT2D eigenvalue weighted by Crippen LogP contribution is -2.08. The van der Waals surface area contributed by atoms with Gasteiger partial charge in [-0.05, 0) is 19.4 Å². The largest absolute Gasteiger partial charge is 0.481 e. The Bertz CT molecular complexity index is 840. The van der Waals surface area contributed by atoms with Crippen molar-refractivity contribution in [1.82, 2.24) is 19.4 Å². The van der Waals surface area contributed by atoms with Crippen molar-refractivity contribution in [3.8, 4) is 5.88 Å². The van der Waals surface area contributed by atoms with Crippen molar-refractivity contribution in [2.75, 3.05) is 19.0 Å². The number of methoxy groups -OCH3 is 1. The number of nitrogens with zero attached hydrogens (tertiary/aromatic N) is 4. The molecule has 1 N–H and O–H groups in total. The van der Waals surface area contributed by atoms with Gasteiger partial charge in [0.1, 0.15) is 16.9 Å². The predicted octanol–water partition coefficient (Wildman–Crippen LogP) is 3.37. The van der Waals surface area contributed by atoms with Gasteiger partial charge >= 0.3 is 0 Å². The van der Waals surface area contributed by atoms with E-state index in [9.17, 15) is 0 Å². The maximum Gasteiger partial charge on any atom is 0.215 e. The van der Waals surface area contributed by atoms with Crippen LogP contribution in [0.1, 0.15) is 38.2 Å². The minimum absolute atomic E-state index is 0.584. The Labute approximate surface area is 135 Å². The monoisotopic (exact) mass is 313 g/mol. The van der Waals surface area contributed by atoms with E-state index in [-0.39, 0.29) is 0 Å². The molecule has 6 nitrogen and oxygen atoms in total. The molecular formula is C17H23N5O. The minimum atomic E-state index is 0.584. The second-order valence-corrected chi connectivity index (χ2v) is 5.59. The topological polar surface area (TPSA) is 64.3 Å². The zero-order valence-electron chi connectivity index (χ0n) is 14.2. The van der Waals surface area contributed by atoms with Gasteiger partial charge in [-0.25, -0.2) is 9.97 Å². The first-order valence-electron chi connectivity index (χ1n) is 8.16. The fourth-order valence-electron chi connectivity index (χ4n) is 2.80. The van der Waals surface area contributed by atoms with Crippen LogP contribution in [0.3, 0.4) is 0 Å². The van der Waals surface area contributed by atoms with E-state index >= 15 is 0 Å². The number of aryl methyl sites for hydroxylation is 2. The molecule has 0 spiro atoms. The van der Waals surface area contributed by atoms with Gasteiger partial charge in [0, 0.05) is 19.0 Å². The first kappa shape index (κ1) is 15.5. The Morgan fingerprint density at radius 3 is 2.70 bits per heavy atom. The van der Waals surface area contributed by atoms with Crippen molar-refractivity contribution in [2.45, 2.75) is 40.0 Å². The Kier molecular flexibility index (Phi) is 4.32. The summed E-state index contributed by atoms with van der Waals surface area (Å²) in [4.78, 5) is 14.1. The van der Waals surface area contributed by atoms with Crippen molar-refractivity contribution < 1.29 is 4.74 Å². The third kappa shape index (κ3) is 2.69. The zero-order valence-corrected chi connectivity index (χ0v) is 14.2. The number of hydrogen-bond acceptors (Lipinski definition) is 5. The highest BCUT2D eigenvalue weighted by atomic mass is 16.5. The molecule has 0 unspecified atom stereocenters. The van der Waals surface area contributed by atoms with Crippen LogP contribution in [0.4, 0.5) is 5.82 Å². The highest BCUT2D eigenvalue weighted by Gasteiger charge is 2.17. The second-order valence-electron chi connectivity index (χ2n) is 5.59. The first-order chi connectivity index (χ1) is 11.2. The van der Waals surface area contributed by atoms with Gasteiger partial charge in [0.05, 0.1) is 12.8 Å². The number of anilines is 1. The Hall–Kier alpha value is -2.37. The number of nitrogens with one attached hydrogen (secondary N) is 1. The summed E-state index contributed by atoms with van der Waals surface area (Å²) >= 11 is 0. The van der Waals surface area contributed by atoms with Crippen LogP contribution >= 0.6 is 0 Å². The Morgan fingerprint density at radius 1 is 1.17 bits per heavy atom. The van der Waals surface area contributed by atoms with Crippen LogP contribution in [0.5, 0.6) is 5.88 Å². The summed E-state index contributed by atoms with van der Waals surface area (Å²) in [6.07, 6.45) is 3.09. The van der Waals surface area contributed by atoms with Gasteiger partial charge in [0.15, 0.2) is 11.5 Å². The number of unbranched alkanes of at least 4 members (excludes halogenated alkanes) is 1. The molecule has 0 amide bonds. The van der Waals surface area contributed by atoms with E-state index in [0.717, 1.165) is 59.8 Å². The lowest BCUT2D eigenvalue weighted by atomic mass is 10.3. The summed E-state index contributed by atoms with van der Waals surface area (Å²) < 4.78 is 7.38. The maximum absolute atomic E-state index is 5.27. The second kappa shape index (κ2) is 6.40. The number of imidazole rings is 1. The molecule has 3 aromatic heterocycles. The van der Waals surface area contributed by atoms with Crippen LogP contribution in [-0.4, -0.2) is 33.0 Å². The molecular weight excluding hydrogens is 290 g/mol. The van der Waals surface area contributed by atoms with E-state index in [2.05, 4.69) is 28.5 Å². The molecule has 0 aliphatic rings. The summed E-state index contributed by atoms with van der Waals surface area (Å²) in [5, 5.41) is 3.46. The van der Waals surface area contributed by atoms with Gasteiger partial charge in [0.25, 0.3) is 0 Å². The molecule has 23 heavy (non-hydrogen) atoms. The maximum atomic E-state index is 5.27. The van der Waals surface area contributed by atoms with E-state index in [1.165, 1.54) is 0 Å². The fraction of sp³-hybridized carbons (Fsp3) is 0.471. The molecule has 0 atom stereocenters. The zero-order chi connectivity index (χ0) is 16.4. The summed E-state index contributed by atoms with van der Waals surface area (Å²) in [5.74, 6) is 2.45. The number of hydrogen-bond donors (Lipinski definition) is 1. The quantitative estimate of drug-likeness (QED) is 0.707. The van der Waals surface area contributed by atoms with E-state index in [1.807, 2.05) is 19.1 Å². The number of rotatable bonds is 6. The minimum Gasteiger partial charge on any atom is -0.481 e. The fourth-order valence-corrected chi connectivity index (χ4v) is 2.80. The summed E-state index contributed by atoms with van der Waals surface area (Å²) in [7, 11) is 1.62. The standard InChI is InChI=1S/C17H23N5O/c1-5-7-10-18-16-15-11(3)19-13(6-2)22(15)17-12(20-16)8-9-14(21-17)23-4/h8-9H,5-7,10H2,1-4H3,(H,18,20). The number of aromatic nitrogens is 4. The average Bonchev–Trinajstić information content (AvgIpc) is 2.92. The van der Waals surface area contributed by atoms with Gasteiger partial charge in [-0.15, -0.1) is 0 Å². The molecule has 0 saturated carbocycles. The molecule has 0 saturated heterocycles. The van der Waals surface area contributed by atoms with Gasteiger partial charge in [0.2, 0.25) is 5.88 Å². The lowest BCUT2D eigenvalue weighted by molar-refractivity contribution is 0.399.